The van der Waals surface area contributed by atoms with Crippen molar-refractivity contribution in [2.24, 2.45) is 0 Å². The summed E-state index contributed by atoms with van der Waals surface area (Å²) in [5.41, 5.74) is 4.65. The predicted octanol–water partition coefficient (Wildman–Crippen LogP) is 5.22. The maximum atomic E-state index is 6.13. The van der Waals surface area contributed by atoms with Crippen LogP contribution in [0.4, 0.5) is 5.69 Å². The Morgan fingerprint density at radius 2 is 1.61 bits per heavy atom. The van der Waals surface area contributed by atoms with Crippen LogP contribution in [-0.2, 0) is 6.54 Å². The third-order valence-corrected chi connectivity index (χ3v) is 3.31. The van der Waals surface area contributed by atoms with Crippen molar-refractivity contribution in [2.45, 2.75) is 20.4 Å². The molecule has 0 aliphatic heterocycles. The molecule has 2 rings (SSSR count). The Labute approximate surface area is 118 Å². The molecule has 0 aliphatic rings. The Kier molecular flexibility index (Phi) is 4.15. The zero-order valence-corrected chi connectivity index (χ0v) is 11.9. The van der Waals surface area contributed by atoms with Crippen molar-refractivity contribution >= 4 is 28.9 Å². The highest BCUT2D eigenvalue weighted by atomic mass is 35.5. The van der Waals surface area contributed by atoms with E-state index in [0.717, 1.165) is 11.3 Å². The first-order valence-electron chi connectivity index (χ1n) is 5.81. The lowest BCUT2D eigenvalue weighted by Gasteiger charge is -2.10. The van der Waals surface area contributed by atoms with Gasteiger partial charge in [0.1, 0.15) is 0 Å². The van der Waals surface area contributed by atoms with Crippen molar-refractivity contribution in [3.05, 3.63) is 63.1 Å². The van der Waals surface area contributed by atoms with E-state index in [1.165, 1.54) is 11.1 Å². The molecule has 1 N–H and O–H groups in total. The maximum Gasteiger partial charge on any atom is 0.0470 e. The molecule has 0 fully saturated rings. The molecule has 94 valence electrons. The molecular formula is C15H15Cl2N. The Morgan fingerprint density at radius 3 is 2.22 bits per heavy atom. The second-order valence-electron chi connectivity index (χ2n) is 4.47. The molecule has 0 radical (unpaired) electrons. The van der Waals surface area contributed by atoms with Crippen molar-refractivity contribution in [3.63, 3.8) is 0 Å². The number of anilines is 1. The summed E-state index contributed by atoms with van der Waals surface area (Å²) in [6.07, 6.45) is 0. The molecule has 3 heteroatoms. The molecule has 1 nitrogen and oxygen atoms in total. The molecule has 2 aromatic carbocycles. The minimum absolute atomic E-state index is 0.662. The van der Waals surface area contributed by atoms with Gasteiger partial charge in [0.15, 0.2) is 0 Å². The van der Waals surface area contributed by atoms with Crippen LogP contribution in [0.25, 0.3) is 0 Å². The number of hydrogen-bond acceptors (Lipinski definition) is 1. The topological polar surface area (TPSA) is 12.0 Å². The molecule has 0 amide bonds. The zero-order chi connectivity index (χ0) is 13.1. The van der Waals surface area contributed by atoms with Gasteiger partial charge < -0.3 is 5.32 Å². The first-order chi connectivity index (χ1) is 8.54. The van der Waals surface area contributed by atoms with E-state index in [-0.39, 0.29) is 0 Å². The van der Waals surface area contributed by atoms with Crippen molar-refractivity contribution in [1.82, 2.24) is 0 Å². The molecule has 0 aromatic heterocycles. The quantitative estimate of drug-likeness (QED) is 0.812. The highest BCUT2D eigenvalue weighted by molar-refractivity contribution is 6.35. The van der Waals surface area contributed by atoms with E-state index in [2.05, 4.69) is 37.4 Å². The van der Waals surface area contributed by atoms with Crippen LogP contribution < -0.4 is 5.32 Å². The van der Waals surface area contributed by atoms with Crippen LogP contribution in [0.3, 0.4) is 0 Å². The molecule has 18 heavy (non-hydrogen) atoms. The van der Waals surface area contributed by atoms with E-state index in [4.69, 9.17) is 23.2 Å². The standard InChI is InChI=1S/C15H15Cl2N/c1-10-5-11(2)7-14(6-10)18-9-12-3-4-13(16)8-15(12)17/h3-8,18H,9H2,1-2H3. The maximum absolute atomic E-state index is 6.13. The van der Waals surface area contributed by atoms with Crippen LogP contribution in [0.5, 0.6) is 0 Å². The highest BCUT2D eigenvalue weighted by Crippen LogP contribution is 2.22. The second-order valence-corrected chi connectivity index (χ2v) is 5.31. The van der Waals surface area contributed by atoms with Crippen LogP contribution in [0.1, 0.15) is 16.7 Å². The van der Waals surface area contributed by atoms with Gasteiger partial charge in [0.2, 0.25) is 0 Å². The van der Waals surface area contributed by atoms with Gasteiger partial charge in [0.25, 0.3) is 0 Å². The zero-order valence-electron chi connectivity index (χ0n) is 10.4. The lowest BCUT2D eigenvalue weighted by molar-refractivity contribution is 1.14. The van der Waals surface area contributed by atoms with Crippen molar-refractivity contribution < 1.29 is 0 Å². The number of benzene rings is 2. The average molecular weight is 280 g/mol. The molecule has 2 aromatic rings. The number of hydrogen-bond donors (Lipinski definition) is 1. The van der Waals surface area contributed by atoms with Gasteiger partial charge in [-0.1, -0.05) is 35.3 Å². The summed E-state index contributed by atoms with van der Waals surface area (Å²) in [5.74, 6) is 0. The lowest BCUT2D eigenvalue weighted by Crippen LogP contribution is -2.00. The molecule has 0 bridgehead atoms. The van der Waals surface area contributed by atoms with Crippen LogP contribution in [0.15, 0.2) is 36.4 Å². The highest BCUT2D eigenvalue weighted by Gasteiger charge is 2.02. The molecule has 0 spiro atoms. The largest absolute Gasteiger partial charge is 0.381 e. The SMILES string of the molecule is Cc1cc(C)cc(NCc2ccc(Cl)cc2Cl)c1. The summed E-state index contributed by atoms with van der Waals surface area (Å²) in [6.45, 7) is 4.87. The van der Waals surface area contributed by atoms with Crippen LogP contribution in [0, 0.1) is 13.8 Å². The van der Waals surface area contributed by atoms with Gasteiger partial charge in [-0.05, 0) is 54.8 Å². The molecule has 0 saturated carbocycles. The molecule has 0 unspecified atom stereocenters. The molecule has 0 saturated heterocycles. The average Bonchev–Trinajstić information content (AvgIpc) is 2.26. The number of halogens is 2. The Hall–Kier alpha value is -1.18. The predicted molar refractivity (Wildman–Crippen MR) is 79.7 cm³/mol. The van der Waals surface area contributed by atoms with Gasteiger partial charge in [-0.15, -0.1) is 0 Å². The number of nitrogens with one attached hydrogen (secondary N) is 1. The number of rotatable bonds is 3. The van der Waals surface area contributed by atoms with E-state index in [9.17, 15) is 0 Å². The summed E-state index contributed by atoms with van der Waals surface area (Å²) in [4.78, 5) is 0. The van der Waals surface area contributed by atoms with Gasteiger partial charge in [-0.2, -0.15) is 0 Å². The molecular weight excluding hydrogens is 265 g/mol. The number of aryl methyl sites for hydroxylation is 2. The van der Waals surface area contributed by atoms with Gasteiger partial charge in [-0.25, -0.2) is 0 Å². The van der Waals surface area contributed by atoms with E-state index in [0.29, 0.717) is 16.6 Å². The van der Waals surface area contributed by atoms with Crippen LogP contribution >= 0.6 is 23.2 Å². The van der Waals surface area contributed by atoms with E-state index >= 15 is 0 Å². The second kappa shape index (κ2) is 5.64. The van der Waals surface area contributed by atoms with Gasteiger partial charge in [0.05, 0.1) is 0 Å². The Balaban J connectivity index is 2.11. The third kappa shape index (κ3) is 3.41. The van der Waals surface area contributed by atoms with E-state index in [1.807, 2.05) is 12.1 Å². The fourth-order valence-corrected chi connectivity index (χ4v) is 2.41. The summed E-state index contributed by atoms with van der Waals surface area (Å²) in [5, 5.41) is 4.73. The summed E-state index contributed by atoms with van der Waals surface area (Å²) in [6, 6.07) is 12.0. The minimum atomic E-state index is 0.662. The lowest BCUT2D eigenvalue weighted by atomic mass is 10.1. The van der Waals surface area contributed by atoms with E-state index in [1.54, 1.807) is 6.07 Å². The first kappa shape index (κ1) is 13.3. The van der Waals surface area contributed by atoms with E-state index < -0.39 is 0 Å². The third-order valence-electron chi connectivity index (χ3n) is 2.72. The Bertz CT molecular complexity index is 544. The fourth-order valence-electron chi connectivity index (χ4n) is 1.94. The fraction of sp³-hybridized carbons (Fsp3) is 0.200. The van der Waals surface area contributed by atoms with Gasteiger partial charge in [-0.3, -0.25) is 0 Å². The summed E-state index contributed by atoms with van der Waals surface area (Å²) >= 11 is 12.0. The van der Waals surface area contributed by atoms with Crippen LogP contribution in [-0.4, -0.2) is 0 Å². The van der Waals surface area contributed by atoms with Gasteiger partial charge in [0, 0.05) is 22.3 Å². The van der Waals surface area contributed by atoms with Crippen molar-refractivity contribution in [3.8, 4) is 0 Å². The van der Waals surface area contributed by atoms with Crippen LogP contribution in [0.2, 0.25) is 10.0 Å². The summed E-state index contributed by atoms with van der Waals surface area (Å²) < 4.78 is 0. The summed E-state index contributed by atoms with van der Waals surface area (Å²) in [7, 11) is 0. The Morgan fingerprint density at radius 1 is 0.944 bits per heavy atom. The molecule has 0 aliphatic carbocycles. The smallest absolute Gasteiger partial charge is 0.0470 e. The monoisotopic (exact) mass is 279 g/mol. The normalized spacial score (nSPS) is 10.4. The van der Waals surface area contributed by atoms with Crippen molar-refractivity contribution in [2.75, 3.05) is 5.32 Å². The minimum Gasteiger partial charge on any atom is -0.381 e. The van der Waals surface area contributed by atoms with Crippen molar-refractivity contribution in [1.29, 1.82) is 0 Å². The molecule has 0 heterocycles. The van der Waals surface area contributed by atoms with Gasteiger partial charge >= 0.3 is 0 Å². The first-order valence-corrected chi connectivity index (χ1v) is 6.56. The molecule has 0 atom stereocenters.